The first-order valence-electron chi connectivity index (χ1n) is 6.67. The summed E-state index contributed by atoms with van der Waals surface area (Å²) in [7, 11) is 0. The minimum absolute atomic E-state index is 0.0638. The van der Waals surface area contributed by atoms with Crippen LogP contribution in [-0.4, -0.2) is 40.8 Å². The molecule has 0 saturated heterocycles. The maximum Gasteiger partial charge on any atom is 0.295 e. The number of ether oxygens (including phenoxy) is 1. The summed E-state index contributed by atoms with van der Waals surface area (Å²) in [5.41, 5.74) is 0.215. The smallest absolute Gasteiger partial charge is 0.295 e. The van der Waals surface area contributed by atoms with E-state index in [9.17, 15) is 15.2 Å². The molecule has 21 heavy (non-hydrogen) atoms. The van der Waals surface area contributed by atoms with Crippen LogP contribution in [0, 0.1) is 10.1 Å². The van der Waals surface area contributed by atoms with Crippen molar-refractivity contribution in [1.29, 1.82) is 0 Å². The summed E-state index contributed by atoms with van der Waals surface area (Å²) in [4.78, 5) is 14.6. The number of non-ortho nitro benzene ring substituents is 1. The maximum absolute atomic E-state index is 11.0. The SMILES string of the molecule is CCNCC(O)COc1ccc([N+](=O)[O-])c2ncccc12. The molecule has 1 aromatic heterocycles. The van der Waals surface area contributed by atoms with E-state index >= 15 is 0 Å². The third-order valence-corrected chi connectivity index (χ3v) is 2.97. The number of nitrogens with zero attached hydrogens (tertiary/aromatic N) is 2. The van der Waals surface area contributed by atoms with Crippen LogP contribution in [0.5, 0.6) is 5.75 Å². The average Bonchev–Trinajstić information content (AvgIpc) is 2.50. The summed E-state index contributed by atoms with van der Waals surface area (Å²) < 4.78 is 5.56. The van der Waals surface area contributed by atoms with Gasteiger partial charge in [-0.3, -0.25) is 10.1 Å². The molecular formula is C14H17N3O4. The largest absolute Gasteiger partial charge is 0.490 e. The molecule has 0 amide bonds. The molecule has 2 rings (SSSR count). The Balaban J connectivity index is 2.21. The topological polar surface area (TPSA) is 97.5 Å². The van der Waals surface area contributed by atoms with Crippen LogP contribution in [0.4, 0.5) is 5.69 Å². The van der Waals surface area contributed by atoms with Crippen molar-refractivity contribution in [2.75, 3.05) is 19.7 Å². The highest BCUT2D eigenvalue weighted by molar-refractivity contribution is 5.91. The minimum Gasteiger partial charge on any atom is -0.490 e. The van der Waals surface area contributed by atoms with Crippen LogP contribution in [0.15, 0.2) is 30.5 Å². The number of aliphatic hydroxyl groups is 1. The molecule has 7 nitrogen and oxygen atoms in total. The molecule has 112 valence electrons. The molecule has 0 radical (unpaired) electrons. The van der Waals surface area contributed by atoms with Gasteiger partial charge in [0.25, 0.3) is 5.69 Å². The molecule has 0 bridgehead atoms. The number of aromatic nitrogens is 1. The van der Waals surface area contributed by atoms with Gasteiger partial charge in [-0.2, -0.15) is 0 Å². The van der Waals surface area contributed by atoms with Crippen LogP contribution < -0.4 is 10.1 Å². The second kappa shape index (κ2) is 6.96. The van der Waals surface area contributed by atoms with Crippen molar-refractivity contribution in [3.05, 3.63) is 40.6 Å². The van der Waals surface area contributed by atoms with Crippen LogP contribution in [0.2, 0.25) is 0 Å². The lowest BCUT2D eigenvalue weighted by atomic mass is 10.1. The van der Waals surface area contributed by atoms with Crippen LogP contribution in [0.25, 0.3) is 10.9 Å². The zero-order valence-corrected chi connectivity index (χ0v) is 11.7. The van der Waals surface area contributed by atoms with Gasteiger partial charge >= 0.3 is 0 Å². The third kappa shape index (κ3) is 3.65. The number of nitro benzene ring substituents is 1. The maximum atomic E-state index is 11.0. The Morgan fingerprint density at radius 3 is 3.00 bits per heavy atom. The minimum atomic E-state index is -0.646. The van der Waals surface area contributed by atoms with Crippen LogP contribution in [0.3, 0.4) is 0 Å². The van der Waals surface area contributed by atoms with Crippen molar-refractivity contribution in [3.8, 4) is 5.75 Å². The Hall–Kier alpha value is -2.25. The number of benzene rings is 1. The highest BCUT2D eigenvalue weighted by Gasteiger charge is 2.16. The number of nitrogens with one attached hydrogen (secondary N) is 1. The zero-order valence-electron chi connectivity index (χ0n) is 11.7. The van der Waals surface area contributed by atoms with E-state index in [4.69, 9.17) is 4.74 Å². The fourth-order valence-corrected chi connectivity index (χ4v) is 1.96. The molecule has 0 spiro atoms. The Bertz CT molecular complexity index is 633. The number of hydrogen-bond acceptors (Lipinski definition) is 6. The number of likely N-dealkylation sites (N-methyl/N-ethyl adjacent to an activating group) is 1. The van der Waals surface area contributed by atoms with Gasteiger partial charge in [-0.15, -0.1) is 0 Å². The molecule has 0 fully saturated rings. The zero-order chi connectivity index (χ0) is 15.2. The van der Waals surface area contributed by atoms with Gasteiger partial charge in [0.15, 0.2) is 5.52 Å². The van der Waals surface area contributed by atoms with Gasteiger partial charge in [0.05, 0.1) is 4.92 Å². The first-order chi connectivity index (χ1) is 10.1. The van der Waals surface area contributed by atoms with Crippen molar-refractivity contribution in [3.63, 3.8) is 0 Å². The second-order valence-corrected chi connectivity index (χ2v) is 4.51. The molecule has 2 aromatic rings. The first-order valence-corrected chi connectivity index (χ1v) is 6.67. The summed E-state index contributed by atoms with van der Waals surface area (Å²) in [6.07, 6.45) is 0.853. The highest BCUT2D eigenvalue weighted by atomic mass is 16.6. The monoisotopic (exact) mass is 291 g/mol. The molecule has 2 N–H and O–H groups in total. The van der Waals surface area contributed by atoms with Crippen molar-refractivity contribution in [2.24, 2.45) is 0 Å². The van der Waals surface area contributed by atoms with Gasteiger partial charge in [-0.05, 0) is 24.7 Å². The summed E-state index contributed by atoms with van der Waals surface area (Å²) in [6, 6.07) is 6.29. The van der Waals surface area contributed by atoms with Gasteiger partial charge in [0.2, 0.25) is 0 Å². The van der Waals surface area contributed by atoms with E-state index in [2.05, 4.69) is 10.3 Å². The predicted molar refractivity (Wildman–Crippen MR) is 78.4 cm³/mol. The molecule has 7 heteroatoms. The molecule has 1 aromatic carbocycles. The summed E-state index contributed by atoms with van der Waals surface area (Å²) >= 11 is 0. The Morgan fingerprint density at radius 2 is 2.29 bits per heavy atom. The molecule has 0 saturated carbocycles. The van der Waals surface area contributed by atoms with E-state index in [1.807, 2.05) is 6.92 Å². The van der Waals surface area contributed by atoms with Crippen molar-refractivity contribution in [2.45, 2.75) is 13.0 Å². The Morgan fingerprint density at radius 1 is 1.48 bits per heavy atom. The fourth-order valence-electron chi connectivity index (χ4n) is 1.96. The summed E-state index contributed by atoms with van der Waals surface area (Å²) in [6.45, 7) is 3.25. The number of nitro groups is 1. The predicted octanol–water partition coefficient (Wildman–Crippen LogP) is 1.49. The van der Waals surface area contributed by atoms with Crippen LogP contribution in [0.1, 0.15) is 6.92 Å². The fraction of sp³-hybridized carbons (Fsp3) is 0.357. The van der Waals surface area contributed by atoms with Gasteiger partial charge in [-0.1, -0.05) is 6.92 Å². The van der Waals surface area contributed by atoms with E-state index < -0.39 is 11.0 Å². The molecule has 0 aliphatic heterocycles. The standard InChI is InChI=1S/C14H17N3O4/c1-2-15-8-10(18)9-21-13-6-5-12(17(19)20)14-11(13)4-3-7-16-14/h3-7,10,15,18H,2,8-9H2,1H3. The van der Waals surface area contributed by atoms with Gasteiger partial charge < -0.3 is 15.2 Å². The Kier molecular flexibility index (Phi) is 5.02. The van der Waals surface area contributed by atoms with E-state index in [0.29, 0.717) is 17.7 Å². The van der Waals surface area contributed by atoms with E-state index in [1.165, 1.54) is 18.3 Å². The number of rotatable bonds is 7. The lowest BCUT2D eigenvalue weighted by Crippen LogP contribution is -2.31. The quantitative estimate of drug-likeness (QED) is 0.592. The average molecular weight is 291 g/mol. The van der Waals surface area contributed by atoms with Crippen LogP contribution >= 0.6 is 0 Å². The molecule has 1 unspecified atom stereocenters. The van der Waals surface area contributed by atoms with Crippen molar-refractivity contribution in [1.82, 2.24) is 10.3 Å². The Labute approximate surface area is 121 Å². The van der Waals surface area contributed by atoms with Crippen molar-refractivity contribution >= 4 is 16.6 Å². The second-order valence-electron chi connectivity index (χ2n) is 4.51. The van der Waals surface area contributed by atoms with Gasteiger partial charge in [0, 0.05) is 24.2 Å². The van der Waals surface area contributed by atoms with Crippen molar-refractivity contribution < 1.29 is 14.8 Å². The van der Waals surface area contributed by atoms with E-state index in [0.717, 1.165) is 6.54 Å². The van der Waals surface area contributed by atoms with Crippen LogP contribution in [-0.2, 0) is 0 Å². The lowest BCUT2D eigenvalue weighted by Gasteiger charge is -2.13. The first kappa shape index (κ1) is 15.1. The van der Waals surface area contributed by atoms with E-state index in [1.54, 1.807) is 12.1 Å². The summed E-state index contributed by atoms with van der Waals surface area (Å²) in [5, 5.41) is 24.3. The van der Waals surface area contributed by atoms with Gasteiger partial charge in [-0.25, -0.2) is 4.98 Å². The number of pyridine rings is 1. The summed E-state index contributed by atoms with van der Waals surface area (Å²) in [5.74, 6) is 0.472. The highest BCUT2D eigenvalue weighted by Crippen LogP contribution is 2.31. The van der Waals surface area contributed by atoms with E-state index in [-0.39, 0.29) is 17.8 Å². The number of hydrogen-bond donors (Lipinski definition) is 2. The number of fused-ring (bicyclic) bond motifs is 1. The normalized spacial score (nSPS) is 12.3. The molecular weight excluding hydrogens is 274 g/mol. The molecule has 0 aliphatic carbocycles. The molecule has 1 atom stereocenters. The molecule has 1 heterocycles. The number of aliphatic hydroxyl groups excluding tert-OH is 1. The molecule has 0 aliphatic rings. The van der Waals surface area contributed by atoms with Gasteiger partial charge in [0.1, 0.15) is 18.5 Å². The third-order valence-electron chi connectivity index (χ3n) is 2.97. The lowest BCUT2D eigenvalue weighted by molar-refractivity contribution is -0.383.